The van der Waals surface area contributed by atoms with E-state index in [1.807, 2.05) is 19.1 Å². The summed E-state index contributed by atoms with van der Waals surface area (Å²) in [4.78, 5) is 10.3. The SMILES string of the molecule is CC1=CC[C@H](CC(=O)O)C=C1. The van der Waals surface area contributed by atoms with Crippen molar-refractivity contribution in [1.82, 2.24) is 0 Å². The van der Waals surface area contributed by atoms with E-state index in [-0.39, 0.29) is 12.3 Å². The molecular weight excluding hydrogens is 140 g/mol. The third-order valence-corrected chi connectivity index (χ3v) is 1.81. The summed E-state index contributed by atoms with van der Waals surface area (Å²) in [5, 5.41) is 8.48. The third kappa shape index (κ3) is 2.58. The van der Waals surface area contributed by atoms with Gasteiger partial charge in [0.2, 0.25) is 0 Å². The highest BCUT2D eigenvalue weighted by Crippen LogP contribution is 2.18. The average molecular weight is 152 g/mol. The zero-order valence-electron chi connectivity index (χ0n) is 6.58. The van der Waals surface area contributed by atoms with Gasteiger partial charge in [-0.25, -0.2) is 0 Å². The first kappa shape index (κ1) is 8.05. The Kier molecular flexibility index (Phi) is 2.47. The summed E-state index contributed by atoms with van der Waals surface area (Å²) < 4.78 is 0. The smallest absolute Gasteiger partial charge is 0.303 e. The van der Waals surface area contributed by atoms with Gasteiger partial charge in [-0.2, -0.15) is 0 Å². The maximum atomic E-state index is 10.3. The quantitative estimate of drug-likeness (QED) is 0.657. The molecule has 2 heteroatoms. The number of carbonyl (C=O) groups is 1. The summed E-state index contributed by atoms with van der Waals surface area (Å²) in [6.45, 7) is 2.02. The Hall–Kier alpha value is -1.05. The first-order valence-electron chi connectivity index (χ1n) is 3.75. The van der Waals surface area contributed by atoms with E-state index in [0.717, 1.165) is 6.42 Å². The number of allylic oxidation sites excluding steroid dienone is 4. The van der Waals surface area contributed by atoms with Crippen molar-refractivity contribution in [3.05, 3.63) is 23.8 Å². The molecule has 0 aromatic heterocycles. The Labute approximate surface area is 66.2 Å². The van der Waals surface area contributed by atoms with Gasteiger partial charge in [-0.1, -0.05) is 23.8 Å². The van der Waals surface area contributed by atoms with Gasteiger partial charge < -0.3 is 5.11 Å². The van der Waals surface area contributed by atoms with Crippen LogP contribution in [-0.4, -0.2) is 11.1 Å². The van der Waals surface area contributed by atoms with Crippen LogP contribution in [0.4, 0.5) is 0 Å². The van der Waals surface area contributed by atoms with E-state index >= 15 is 0 Å². The number of aliphatic carboxylic acids is 1. The third-order valence-electron chi connectivity index (χ3n) is 1.81. The minimum absolute atomic E-state index is 0.205. The zero-order chi connectivity index (χ0) is 8.27. The normalized spacial score (nSPS) is 23.0. The summed E-state index contributed by atoms with van der Waals surface area (Å²) in [5.41, 5.74) is 1.23. The van der Waals surface area contributed by atoms with Gasteiger partial charge in [0, 0.05) is 0 Å². The molecule has 0 amide bonds. The van der Waals surface area contributed by atoms with Crippen molar-refractivity contribution >= 4 is 5.97 Å². The lowest BCUT2D eigenvalue weighted by molar-refractivity contribution is -0.137. The van der Waals surface area contributed by atoms with Crippen LogP contribution in [0.3, 0.4) is 0 Å². The van der Waals surface area contributed by atoms with Crippen molar-refractivity contribution in [2.75, 3.05) is 0 Å². The van der Waals surface area contributed by atoms with Gasteiger partial charge in [0.05, 0.1) is 6.42 Å². The standard InChI is InChI=1S/C9H12O2/c1-7-2-4-8(5-3-7)6-9(10)11/h2-4,8H,5-6H2,1H3,(H,10,11)/t8-/m1/s1. The number of hydrogen-bond donors (Lipinski definition) is 1. The second kappa shape index (κ2) is 3.37. The summed E-state index contributed by atoms with van der Waals surface area (Å²) in [6, 6.07) is 0. The molecule has 0 radical (unpaired) electrons. The first-order valence-corrected chi connectivity index (χ1v) is 3.75. The molecule has 0 unspecified atom stereocenters. The molecule has 0 fully saturated rings. The van der Waals surface area contributed by atoms with Crippen molar-refractivity contribution < 1.29 is 9.90 Å². The monoisotopic (exact) mass is 152 g/mol. The highest BCUT2D eigenvalue weighted by molar-refractivity contribution is 5.67. The van der Waals surface area contributed by atoms with Gasteiger partial charge in [-0.15, -0.1) is 0 Å². The van der Waals surface area contributed by atoms with E-state index in [1.54, 1.807) is 0 Å². The molecule has 0 heterocycles. The molecule has 0 aromatic carbocycles. The second-order valence-electron chi connectivity index (χ2n) is 2.90. The fourth-order valence-corrected chi connectivity index (χ4v) is 1.15. The van der Waals surface area contributed by atoms with E-state index in [1.165, 1.54) is 5.57 Å². The van der Waals surface area contributed by atoms with Crippen LogP contribution in [0, 0.1) is 5.92 Å². The van der Waals surface area contributed by atoms with Crippen LogP contribution in [0.15, 0.2) is 23.8 Å². The molecule has 1 N–H and O–H groups in total. The van der Waals surface area contributed by atoms with Crippen LogP contribution in [-0.2, 0) is 4.79 Å². The van der Waals surface area contributed by atoms with Gasteiger partial charge in [0.15, 0.2) is 0 Å². The topological polar surface area (TPSA) is 37.3 Å². The minimum atomic E-state index is -0.715. The maximum Gasteiger partial charge on any atom is 0.303 e. The number of carboxylic acid groups (broad SMARTS) is 1. The van der Waals surface area contributed by atoms with Crippen LogP contribution in [0.2, 0.25) is 0 Å². The Balaban J connectivity index is 2.43. The molecule has 11 heavy (non-hydrogen) atoms. The number of rotatable bonds is 2. The molecule has 0 saturated heterocycles. The summed E-state index contributed by atoms with van der Waals surface area (Å²) >= 11 is 0. The van der Waals surface area contributed by atoms with Crippen molar-refractivity contribution in [2.24, 2.45) is 5.92 Å². The van der Waals surface area contributed by atoms with Crippen LogP contribution < -0.4 is 0 Å². The van der Waals surface area contributed by atoms with Gasteiger partial charge in [0.1, 0.15) is 0 Å². The largest absolute Gasteiger partial charge is 0.481 e. The number of carboxylic acids is 1. The molecule has 0 bridgehead atoms. The van der Waals surface area contributed by atoms with Crippen LogP contribution in [0.5, 0.6) is 0 Å². The molecule has 2 nitrogen and oxygen atoms in total. The van der Waals surface area contributed by atoms with Gasteiger partial charge in [0.25, 0.3) is 0 Å². The van der Waals surface area contributed by atoms with E-state index in [0.29, 0.717) is 0 Å². The van der Waals surface area contributed by atoms with Crippen LogP contribution in [0.1, 0.15) is 19.8 Å². The van der Waals surface area contributed by atoms with Crippen molar-refractivity contribution in [3.8, 4) is 0 Å². The molecule has 60 valence electrons. The predicted molar refractivity (Wildman–Crippen MR) is 43.3 cm³/mol. The van der Waals surface area contributed by atoms with Crippen LogP contribution >= 0.6 is 0 Å². The summed E-state index contributed by atoms with van der Waals surface area (Å²) in [5.74, 6) is -0.510. The Morgan fingerprint density at radius 2 is 2.55 bits per heavy atom. The average Bonchev–Trinajstić information content (AvgIpc) is 1.93. The fraction of sp³-hybridized carbons (Fsp3) is 0.444. The summed E-state index contributed by atoms with van der Waals surface area (Å²) in [6.07, 6.45) is 7.16. The lowest BCUT2D eigenvalue weighted by atomic mass is 9.95. The van der Waals surface area contributed by atoms with Crippen LogP contribution in [0.25, 0.3) is 0 Å². The minimum Gasteiger partial charge on any atom is -0.481 e. The molecular formula is C9H12O2. The molecule has 0 saturated carbocycles. The molecule has 1 rings (SSSR count). The molecule has 1 aliphatic carbocycles. The predicted octanol–water partition coefficient (Wildman–Crippen LogP) is 1.98. The van der Waals surface area contributed by atoms with Crippen molar-refractivity contribution in [3.63, 3.8) is 0 Å². The van der Waals surface area contributed by atoms with Gasteiger partial charge >= 0.3 is 5.97 Å². The molecule has 0 aliphatic heterocycles. The number of hydrogen-bond acceptors (Lipinski definition) is 1. The Morgan fingerprint density at radius 3 is 3.00 bits per heavy atom. The highest BCUT2D eigenvalue weighted by Gasteiger charge is 2.10. The fourth-order valence-electron chi connectivity index (χ4n) is 1.15. The van der Waals surface area contributed by atoms with Crippen molar-refractivity contribution in [1.29, 1.82) is 0 Å². The Bertz CT molecular complexity index is 214. The van der Waals surface area contributed by atoms with Gasteiger partial charge in [-0.05, 0) is 19.3 Å². The van der Waals surface area contributed by atoms with Gasteiger partial charge in [-0.3, -0.25) is 4.79 Å². The van der Waals surface area contributed by atoms with E-state index < -0.39 is 5.97 Å². The second-order valence-corrected chi connectivity index (χ2v) is 2.90. The van der Waals surface area contributed by atoms with E-state index in [4.69, 9.17) is 5.11 Å². The first-order chi connectivity index (χ1) is 5.18. The van der Waals surface area contributed by atoms with Crippen molar-refractivity contribution in [2.45, 2.75) is 19.8 Å². The van der Waals surface area contributed by atoms with E-state index in [2.05, 4.69) is 6.08 Å². The zero-order valence-corrected chi connectivity index (χ0v) is 6.58. The lowest BCUT2D eigenvalue weighted by Gasteiger charge is -2.11. The molecule has 0 spiro atoms. The Morgan fingerprint density at radius 1 is 1.82 bits per heavy atom. The molecule has 1 atom stereocenters. The highest BCUT2D eigenvalue weighted by atomic mass is 16.4. The molecule has 0 aromatic rings. The summed E-state index contributed by atoms with van der Waals surface area (Å²) in [7, 11) is 0. The lowest BCUT2D eigenvalue weighted by Crippen LogP contribution is -2.06. The molecule has 1 aliphatic rings. The van der Waals surface area contributed by atoms with E-state index in [9.17, 15) is 4.79 Å². The maximum absolute atomic E-state index is 10.3.